The normalized spacial score (nSPS) is 15.3. The second kappa shape index (κ2) is 2.85. The highest BCUT2D eigenvalue weighted by Gasteiger charge is 1.85. The zero-order chi connectivity index (χ0) is 10.2. The molecule has 0 aliphatic rings. The van der Waals surface area contributed by atoms with Crippen LogP contribution in [0.4, 0.5) is 5.69 Å². The molecule has 0 fully saturated rings. The van der Waals surface area contributed by atoms with E-state index in [9.17, 15) is 0 Å². The van der Waals surface area contributed by atoms with Crippen molar-refractivity contribution in [3.63, 3.8) is 0 Å². The number of hydrogen-bond donors (Lipinski definition) is 2. The summed E-state index contributed by atoms with van der Waals surface area (Å²) < 4.78 is 29.7. The number of anilines is 1. The van der Waals surface area contributed by atoms with Crippen LogP contribution in [0, 0.1) is 0 Å². The van der Waals surface area contributed by atoms with Gasteiger partial charge >= 0.3 is 0 Å². The maximum atomic E-state index is 7.41. The number of benzene rings is 1. The molecule has 0 heterocycles. The van der Waals surface area contributed by atoms with Gasteiger partial charge in [0.2, 0.25) is 0 Å². The van der Waals surface area contributed by atoms with E-state index in [4.69, 9.17) is 11.3 Å². The van der Waals surface area contributed by atoms with Crippen LogP contribution in [0.3, 0.4) is 0 Å². The van der Waals surface area contributed by atoms with Crippen LogP contribution in [-0.2, 0) is 0 Å². The number of nitrogen functional groups attached to an aromatic ring is 1. The van der Waals surface area contributed by atoms with Gasteiger partial charge in [-0.3, -0.25) is 5.84 Å². The highest BCUT2D eigenvalue weighted by Crippen LogP contribution is 2.12. The van der Waals surface area contributed by atoms with E-state index in [1.165, 1.54) is 0 Å². The fraction of sp³-hybridized carbons (Fsp3) is 0. The molecule has 0 saturated heterocycles. The van der Waals surface area contributed by atoms with E-state index in [0.29, 0.717) is 0 Å². The molecule has 3 heteroatoms. The van der Waals surface area contributed by atoms with Crippen LogP contribution in [-0.4, -0.2) is 0 Å². The molecule has 0 amide bonds. The third-order valence-corrected chi connectivity index (χ3v) is 1.14. The van der Waals surface area contributed by atoms with Crippen LogP contribution in [0.25, 0.3) is 0 Å². The Kier molecular flexibility index (Phi) is 0.959. The molecule has 0 bridgehead atoms. The van der Waals surface area contributed by atoms with Crippen LogP contribution >= 0.6 is 15.9 Å². The predicted octanol–water partition coefficient (Wildman–Crippen LogP) is 1.73. The average molecular weight is 191 g/mol. The number of rotatable bonds is 1. The van der Waals surface area contributed by atoms with Crippen molar-refractivity contribution in [3.05, 3.63) is 28.6 Å². The second-order valence-electron chi connectivity index (χ2n) is 1.33. The summed E-state index contributed by atoms with van der Waals surface area (Å²) in [5, 5.41) is 0. The maximum absolute atomic E-state index is 7.41. The van der Waals surface area contributed by atoms with Crippen molar-refractivity contribution in [2.75, 3.05) is 5.43 Å². The van der Waals surface area contributed by atoms with Gasteiger partial charge in [0.15, 0.2) is 0 Å². The summed E-state index contributed by atoms with van der Waals surface area (Å²) in [5.74, 6) is 5.07. The molecule has 0 aromatic heterocycles. The van der Waals surface area contributed by atoms with Crippen molar-refractivity contribution in [3.8, 4) is 0 Å². The molecule has 0 aliphatic carbocycles. The van der Waals surface area contributed by atoms with E-state index in [1.807, 2.05) is 0 Å². The first-order chi connectivity index (χ1) is 6.00. The molecule has 0 saturated carbocycles. The Morgan fingerprint density at radius 2 is 2.00 bits per heavy atom. The van der Waals surface area contributed by atoms with E-state index in [2.05, 4.69) is 21.4 Å². The molecule has 1 aromatic rings. The summed E-state index contributed by atoms with van der Waals surface area (Å²) in [6.07, 6.45) is 0. The molecule has 2 nitrogen and oxygen atoms in total. The molecule has 0 unspecified atom stereocenters. The van der Waals surface area contributed by atoms with Crippen molar-refractivity contribution in [2.45, 2.75) is 0 Å². The smallest absolute Gasteiger partial charge is 0.0645 e. The molecule has 0 aliphatic heterocycles. The standard InChI is InChI=1S/C6H7BrN2/c7-5-1-3-6(9-8)4-2-5/h1-4,9H,8H2/i1D,2D,3D,4D. The number of hydrazine groups is 1. The zero-order valence-corrected chi connectivity index (χ0v) is 6.04. The van der Waals surface area contributed by atoms with Crippen molar-refractivity contribution < 1.29 is 5.48 Å². The molecule has 9 heavy (non-hydrogen) atoms. The van der Waals surface area contributed by atoms with Crippen molar-refractivity contribution in [1.82, 2.24) is 0 Å². The number of nitrogens with two attached hydrogens (primary N) is 1. The van der Waals surface area contributed by atoms with Gasteiger partial charge in [0.1, 0.15) is 0 Å². The van der Waals surface area contributed by atoms with E-state index in [1.54, 1.807) is 0 Å². The lowest BCUT2D eigenvalue weighted by Gasteiger charge is -1.96. The van der Waals surface area contributed by atoms with E-state index >= 15 is 0 Å². The van der Waals surface area contributed by atoms with E-state index in [-0.39, 0.29) is 34.3 Å². The molecule has 48 valence electrons. The molecule has 3 N–H and O–H groups in total. The number of halogens is 1. The van der Waals surface area contributed by atoms with Gasteiger partial charge in [-0.05, 0) is 24.2 Å². The monoisotopic (exact) mass is 190 g/mol. The van der Waals surface area contributed by atoms with Crippen LogP contribution in [0.5, 0.6) is 0 Å². The summed E-state index contributed by atoms with van der Waals surface area (Å²) in [5.41, 5.74) is 2.13. The van der Waals surface area contributed by atoms with E-state index in [0.717, 1.165) is 0 Å². The zero-order valence-electron chi connectivity index (χ0n) is 8.46. The fourth-order valence-electron chi connectivity index (χ4n) is 0.369. The quantitative estimate of drug-likeness (QED) is 0.524. The topological polar surface area (TPSA) is 38.0 Å². The van der Waals surface area contributed by atoms with Gasteiger partial charge in [0, 0.05) is 10.2 Å². The molecule has 0 atom stereocenters. The van der Waals surface area contributed by atoms with Crippen LogP contribution in [0.15, 0.2) is 28.6 Å². The summed E-state index contributed by atoms with van der Waals surface area (Å²) in [6.45, 7) is 0. The number of nitrogens with one attached hydrogen (secondary N) is 1. The Hall–Kier alpha value is -0.540. The minimum absolute atomic E-state index is 0.00167. The first-order valence-corrected chi connectivity index (χ1v) is 3.02. The van der Waals surface area contributed by atoms with Gasteiger partial charge in [0.25, 0.3) is 0 Å². The highest BCUT2D eigenvalue weighted by atomic mass is 79.9. The lowest BCUT2D eigenvalue weighted by molar-refractivity contribution is 1.35. The Balaban J connectivity index is 3.56. The van der Waals surface area contributed by atoms with E-state index < -0.39 is 0 Å². The minimum atomic E-state index is -0.185. The molecule has 1 aromatic carbocycles. The van der Waals surface area contributed by atoms with Gasteiger partial charge in [-0.25, -0.2) is 0 Å². The second-order valence-corrected chi connectivity index (χ2v) is 2.13. The first-order valence-electron chi connectivity index (χ1n) is 4.23. The van der Waals surface area contributed by atoms with Crippen LogP contribution in [0.1, 0.15) is 5.48 Å². The Morgan fingerprint density at radius 3 is 2.44 bits per heavy atom. The summed E-state index contributed by atoms with van der Waals surface area (Å²) in [7, 11) is 0. The third-order valence-electron chi connectivity index (χ3n) is 0.739. The Labute approximate surface area is 67.8 Å². The van der Waals surface area contributed by atoms with Gasteiger partial charge in [-0.2, -0.15) is 0 Å². The van der Waals surface area contributed by atoms with Gasteiger partial charge < -0.3 is 5.43 Å². The first kappa shape index (κ1) is 3.03. The highest BCUT2D eigenvalue weighted by molar-refractivity contribution is 9.10. The van der Waals surface area contributed by atoms with Crippen LogP contribution in [0.2, 0.25) is 0 Å². The van der Waals surface area contributed by atoms with Gasteiger partial charge in [-0.15, -0.1) is 0 Å². The van der Waals surface area contributed by atoms with Gasteiger partial charge in [0.05, 0.1) is 5.48 Å². The minimum Gasteiger partial charge on any atom is -0.324 e. The summed E-state index contributed by atoms with van der Waals surface area (Å²) >= 11 is 2.96. The third kappa shape index (κ3) is 1.69. The van der Waals surface area contributed by atoms with Crippen LogP contribution < -0.4 is 11.3 Å². The maximum Gasteiger partial charge on any atom is 0.0645 e. The van der Waals surface area contributed by atoms with Crippen molar-refractivity contribution in [1.29, 1.82) is 0 Å². The molecule has 0 radical (unpaired) electrons. The predicted molar refractivity (Wildman–Crippen MR) is 42.0 cm³/mol. The SMILES string of the molecule is [2H]c1c([2H])c(NN)c([2H])c([2H])c1Br. The fourth-order valence-corrected chi connectivity index (χ4v) is 0.568. The average Bonchev–Trinajstić information content (AvgIpc) is 2.13. The lowest BCUT2D eigenvalue weighted by Crippen LogP contribution is -2.05. The van der Waals surface area contributed by atoms with Crippen molar-refractivity contribution in [2.24, 2.45) is 5.84 Å². The van der Waals surface area contributed by atoms with Gasteiger partial charge in [-0.1, -0.05) is 15.9 Å². The molecule has 0 spiro atoms. The Bertz CT molecular complexity index is 326. The molecular weight excluding hydrogens is 180 g/mol. The largest absolute Gasteiger partial charge is 0.324 e. The summed E-state index contributed by atoms with van der Waals surface area (Å²) in [4.78, 5) is 0. The molecular formula is C6H7BrN2. The Morgan fingerprint density at radius 1 is 1.44 bits per heavy atom. The number of hydrogen-bond acceptors (Lipinski definition) is 2. The summed E-state index contributed by atoms with van der Waals surface area (Å²) in [6, 6.07) is -0.659. The van der Waals surface area contributed by atoms with Crippen molar-refractivity contribution >= 4 is 21.6 Å². The molecule has 1 rings (SSSR count). The lowest BCUT2D eigenvalue weighted by atomic mass is 10.3.